The molecule has 1 aliphatic heterocycles. The van der Waals surface area contributed by atoms with Crippen LogP contribution in [-0.4, -0.2) is 16.8 Å². The molecule has 8 heteroatoms. The first-order chi connectivity index (χ1) is 9.36. The highest BCUT2D eigenvalue weighted by Crippen LogP contribution is 2.34. The van der Waals surface area contributed by atoms with E-state index in [4.69, 9.17) is 0 Å². The summed E-state index contributed by atoms with van der Waals surface area (Å²) < 4.78 is 42.3. The number of imide groups is 1. The number of para-hydroxylation sites is 1. The predicted molar refractivity (Wildman–Crippen MR) is 60.1 cm³/mol. The topological polar surface area (TPSA) is 72.2 Å². The Balaban J connectivity index is 2.22. The Hall–Kier alpha value is -2.64. The van der Waals surface area contributed by atoms with Crippen molar-refractivity contribution >= 4 is 28.5 Å². The van der Waals surface area contributed by atoms with Crippen LogP contribution < -0.4 is 5.32 Å². The summed E-state index contributed by atoms with van der Waals surface area (Å²) in [6.45, 7) is 0. The minimum absolute atomic E-state index is 0.0392. The largest absolute Gasteiger partial charge is 0.468 e. The molecule has 102 valence electrons. The Kier molecular flexibility index (Phi) is 2.43. The number of amides is 2. The SMILES string of the molecule is O=C1C=C(c2cccc3oc(C(F)(F)F)nc23)C(=O)N1. The molecule has 2 heterocycles. The third-order valence-corrected chi connectivity index (χ3v) is 2.71. The van der Waals surface area contributed by atoms with Crippen molar-refractivity contribution in [2.75, 3.05) is 0 Å². The van der Waals surface area contributed by atoms with Gasteiger partial charge in [-0.3, -0.25) is 14.9 Å². The number of fused-ring (bicyclic) bond motifs is 1. The van der Waals surface area contributed by atoms with Crippen LogP contribution >= 0.6 is 0 Å². The van der Waals surface area contributed by atoms with Crippen molar-refractivity contribution in [3.05, 3.63) is 35.7 Å². The van der Waals surface area contributed by atoms with Crippen molar-refractivity contribution in [2.24, 2.45) is 0 Å². The minimum atomic E-state index is -4.72. The van der Waals surface area contributed by atoms with Crippen LogP contribution in [0.2, 0.25) is 0 Å². The zero-order chi connectivity index (χ0) is 14.5. The number of alkyl halides is 3. The number of nitrogens with one attached hydrogen (secondary N) is 1. The van der Waals surface area contributed by atoms with E-state index in [0.29, 0.717) is 0 Å². The standard InChI is InChI=1S/C12H5F3N2O3/c13-12(14,15)11-17-9-5(2-1-3-7(9)20-11)6-4-8(18)16-10(6)19/h1-4H,(H,16,18,19). The fourth-order valence-electron chi connectivity index (χ4n) is 1.90. The quantitative estimate of drug-likeness (QED) is 0.811. The van der Waals surface area contributed by atoms with Crippen molar-refractivity contribution in [2.45, 2.75) is 6.18 Å². The van der Waals surface area contributed by atoms with Crippen LogP contribution in [0.3, 0.4) is 0 Å². The molecule has 0 atom stereocenters. The number of hydrogen-bond donors (Lipinski definition) is 1. The lowest BCUT2D eigenvalue weighted by Crippen LogP contribution is -2.21. The van der Waals surface area contributed by atoms with E-state index >= 15 is 0 Å². The van der Waals surface area contributed by atoms with Crippen LogP contribution in [0, 0.1) is 0 Å². The minimum Gasteiger partial charge on any atom is -0.433 e. The van der Waals surface area contributed by atoms with Gasteiger partial charge in [0.15, 0.2) is 5.58 Å². The number of aromatic nitrogens is 1. The highest BCUT2D eigenvalue weighted by atomic mass is 19.4. The van der Waals surface area contributed by atoms with Gasteiger partial charge in [0.05, 0.1) is 5.57 Å². The molecule has 2 amide bonds. The average molecular weight is 282 g/mol. The highest BCUT2D eigenvalue weighted by molar-refractivity contribution is 6.34. The molecular weight excluding hydrogens is 277 g/mol. The maximum atomic E-state index is 12.6. The summed E-state index contributed by atoms with van der Waals surface area (Å²) in [7, 11) is 0. The first-order valence-corrected chi connectivity index (χ1v) is 5.40. The summed E-state index contributed by atoms with van der Waals surface area (Å²) in [6, 6.07) is 4.12. The van der Waals surface area contributed by atoms with Crippen LogP contribution in [0.5, 0.6) is 0 Å². The molecule has 1 N–H and O–H groups in total. The van der Waals surface area contributed by atoms with Crippen molar-refractivity contribution in [1.29, 1.82) is 0 Å². The third kappa shape index (κ3) is 1.85. The van der Waals surface area contributed by atoms with E-state index in [1.165, 1.54) is 18.2 Å². The highest BCUT2D eigenvalue weighted by Gasteiger charge is 2.38. The molecule has 0 spiro atoms. The molecule has 1 aromatic carbocycles. The van der Waals surface area contributed by atoms with Crippen molar-refractivity contribution < 1.29 is 27.2 Å². The number of benzene rings is 1. The molecule has 1 aromatic heterocycles. The van der Waals surface area contributed by atoms with Gasteiger partial charge in [-0.1, -0.05) is 12.1 Å². The summed E-state index contributed by atoms with van der Waals surface area (Å²) in [5.41, 5.74) is -0.147. The number of hydrogen-bond acceptors (Lipinski definition) is 4. The Morgan fingerprint density at radius 3 is 2.55 bits per heavy atom. The molecule has 0 saturated heterocycles. The smallest absolute Gasteiger partial charge is 0.433 e. The van der Waals surface area contributed by atoms with Gasteiger partial charge in [-0.25, -0.2) is 4.98 Å². The van der Waals surface area contributed by atoms with Gasteiger partial charge < -0.3 is 4.42 Å². The molecule has 1 aliphatic rings. The third-order valence-electron chi connectivity index (χ3n) is 2.71. The molecule has 3 rings (SSSR count). The lowest BCUT2D eigenvalue weighted by atomic mass is 10.1. The van der Waals surface area contributed by atoms with Crippen LogP contribution in [0.15, 0.2) is 28.7 Å². The molecule has 5 nitrogen and oxygen atoms in total. The van der Waals surface area contributed by atoms with E-state index < -0.39 is 23.9 Å². The Morgan fingerprint density at radius 2 is 1.95 bits per heavy atom. The first kappa shape index (κ1) is 12.4. The van der Waals surface area contributed by atoms with Crippen LogP contribution in [0.25, 0.3) is 16.7 Å². The van der Waals surface area contributed by atoms with Gasteiger partial charge in [0.2, 0.25) is 0 Å². The molecular formula is C12H5F3N2O3. The van der Waals surface area contributed by atoms with E-state index in [2.05, 4.69) is 9.40 Å². The Morgan fingerprint density at radius 1 is 1.20 bits per heavy atom. The number of carbonyl (C=O) groups is 2. The lowest BCUT2D eigenvalue weighted by Gasteiger charge is -1.99. The average Bonchev–Trinajstić information content (AvgIpc) is 2.91. The molecule has 0 unspecified atom stereocenters. The monoisotopic (exact) mass is 282 g/mol. The molecule has 0 saturated carbocycles. The summed E-state index contributed by atoms with van der Waals surface area (Å²) in [5.74, 6) is -2.70. The van der Waals surface area contributed by atoms with Gasteiger partial charge >= 0.3 is 12.1 Å². The van der Waals surface area contributed by atoms with Gasteiger partial charge in [0, 0.05) is 11.6 Å². The number of halogens is 3. The van der Waals surface area contributed by atoms with Crippen LogP contribution in [0.1, 0.15) is 11.5 Å². The number of nitrogens with zero attached hydrogens (tertiary/aromatic N) is 1. The molecule has 20 heavy (non-hydrogen) atoms. The number of rotatable bonds is 1. The van der Waals surface area contributed by atoms with Crippen LogP contribution in [-0.2, 0) is 15.8 Å². The van der Waals surface area contributed by atoms with E-state index in [9.17, 15) is 22.8 Å². The summed E-state index contributed by atoms with van der Waals surface area (Å²) in [6.07, 6.45) is -3.71. The van der Waals surface area contributed by atoms with E-state index in [0.717, 1.165) is 6.08 Å². The zero-order valence-corrected chi connectivity index (χ0v) is 9.62. The van der Waals surface area contributed by atoms with Gasteiger partial charge in [-0.2, -0.15) is 13.2 Å². The summed E-state index contributed by atoms with van der Waals surface area (Å²) in [4.78, 5) is 26.0. The molecule has 0 bridgehead atoms. The fourth-order valence-corrected chi connectivity index (χ4v) is 1.90. The van der Waals surface area contributed by atoms with Gasteiger partial charge in [0.25, 0.3) is 11.8 Å². The van der Waals surface area contributed by atoms with Crippen LogP contribution in [0.4, 0.5) is 13.2 Å². The Bertz CT molecular complexity index is 774. The van der Waals surface area contributed by atoms with Crippen molar-refractivity contribution in [3.8, 4) is 0 Å². The zero-order valence-electron chi connectivity index (χ0n) is 9.62. The maximum Gasteiger partial charge on any atom is 0.468 e. The lowest BCUT2D eigenvalue weighted by molar-refractivity contribution is -0.156. The maximum absolute atomic E-state index is 12.6. The molecule has 0 radical (unpaired) electrons. The summed E-state index contributed by atoms with van der Waals surface area (Å²) >= 11 is 0. The predicted octanol–water partition coefficient (Wildman–Crippen LogP) is 1.89. The normalized spacial score (nSPS) is 15.7. The van der Waals surface area contributed by atoms with Crippen molar-refractivity contribution in [1.82, 2.24) is 10.3 Å². The first-order valence-electron chi connectivity index (χ1n) is 5.40. The summed E-state index contributed by atoms with van der Waals surface area (Å²) in [5, 5.41) is 2.02. The van der Waals surface area contributed by atoms with Crippen molar-refractivity contribution in [3.63, 3.8) is 0 Å². The van der Waals surface area contributed by atoms with Gasteiger partial charge in [-0.05, 0) is 6.07 Å². The Labute approximate surface area is 109 Å². The van der Waals surface area contributed by atoms with E-state index in [-0.39, 0.29) is 22.2 Å². The molecule has 0 fully saturated rings. The number of oxazole rings is 1. The fraction of sp³-hybridized carbons (Fsp3) is 0.0833. The van der Waals surface area contributed by atoms with E-state index in [1.54, 1.807) is 0 Å². The second-order valence-electron chi connectivity index (χ2n) is 4.05. The van der Waals surface area contributed by atoms with E-state index in [1.807, 2.05) is 5.32 Å². The molecule has 2 aromatic rings. The van der Waals surface area contributed by atoms with Gasteiger partial charge in [-0.15, -0.1) is 0 Å². The molecule has 0 aliphatic carbocycles. The number of carbonyl (C=O) groups excluding carboxylic acids is 2. The van der Waals surface area contributed by atoms with Gasteiger partial charge in [0.1, 0.15) is 5.52 Å². The second kappa shape index (κ2) is 3.92. The second-order valence-corrected chi connectivity index (χ2v) is 4.05.